The van der Waals surface area contributed by atoms with Crippen LogP contribution >= 0.6 is 0 Å². The molecule has 3 rings (SSSR count). The molecule has 2 aromatic rings. The van der Waals surface area contributed by atoms with Crippen LogP contribution in [0.4, 0.5) is 5.69 Å². The molecule has 1 aromatic heterocycles. The molecular weight excluding hydrogens is 226 g/mol. The van der Waals surface area contributed by atoms with Crippen LogP contribution in [0.2, 0.25) is 0 Å². The van der Waals surface area contributed by atoms with Crippen LogP contribution in [0.15, 0.2) is 36.5 Å². The minimum Gasteiger partial charge on any atom is -0.324 e. The molecule has 1 aliphatic rings. The highest BCUT2D eigenvalue weighted by Crippen LogP contribution is 2.21. The number of carbonyl (C=O) groups excluding carboxylic acids is 1. The number of fused-ring (bicyclic) bond motifs is 1. The van der Waals surface area contributed by atoms with Gasteiger partial charge in [0.15, 0.2) is 0 Å². The number of hydrogen-bond donors (Lipinski definition) is 2. The zero-order valence-electron chi connectivity index (χ0n) is 10.0. The van der Waals surface area contributed by atoms with Gasteiger partial charge in [-0.05, 0) is 43.7 Å². The second-order valence-corrected chi connectivity index (χ2v) is 4.51. The molecule has 1 amide bonds. The van der Waals surface area contributed by atoms with Crippen LogP contribution in [-0.4, -0.2) is 23.5 Å². The summed E-state index contributed by atoms with van der Waals surface area (Å²) < 4.78 is 0. The van der Waals surface area contributed by atoms with Crippen LogP contribution in [0.1, 0.15) is 12.8 Å². The van der Waals surface area contributed by atoms with E-state index >= 15 is 0 Å². The Morgan fingerprint density at radius 2 is 2.28 bits per heavy atom. The Bertz CT molecular complexity index is 571. The molecule has 1 atom stereocenters. The van der Waals surface area contributed by atoms with E-state index in [4.69, 9.17) is 0 Å². The van der Waals surface area contributed by atoms with Gasteiger partial charge in [0.1, 0.15) is 0 Å². The number of carbonyl (C=O) groups is 1. The molecule has 4 nitrogen and oxygen atoms in total. The average Bonchev–Trinajstić information content (AvgIpc) is 2.93. The first kappa shape index (κ1) is 11.2. The third-order valence-corrected chi connectivity index (χ3v) is 3.28. The molecule has 92 valence electrons. The number of aromatic nitrogens is 1. The monoisotopic (exact) mass is 241 g/mol. The lowest BCUT2D eigenvalue weighted by Crippen LogP contribution is -2.35. The van der Waals surface area contributed by atoms with Crippen molar-refractivity contribution in [2.45, 2.75) is 18.9 Å². The molecule has 1 aliphatic heterocycles. The van der Waals surface area contributed by atoms with E-state index in [1.165, 1.54) is 0 Å². The minimum atomic E-state index is -0.0584. The lowest BCUT2D eigenvalue weighted by atomic mass is 10.1. The number of rotatable bonds is 2. The van der Waals surface area contributed by atoms with E-state index in [1.807, 2.05) is 30.3 Å². The molecule has 0 saturated carbocycles. The van der Waals surface area contributed by atoms with Gasteiger partial charge in [0.05, 0.1) is 17.2 Å². The fourth-order valence-electron chi connectivity index (χ4n) is 2.34. The zero-order valence-corrected chi connectivity index (χ0v) is 10.0. The van der Waals surface area contributed by atoms with E-state index in [0.717, 1.165) is 36.0 Å². The van der Waals surface area contributed by atoms with Gasteiger partial charge in [-0.2, -0.15) is 0 Å². The van der Waals surface area contributed by atoms with Crippen molar-refractivity contribution in [2.24, 2.45) is 0 Å². The summed E-state index contributed by atoms with van der Waals surface area (Å²) in [4.78, 5) is 16.3. The normalized spacial score (nSPS) is 19.0. The standard InChI is InChI=1S/C14H15N3O/c18-14(13-7-3-9-16-13)17-12-6-1-5-11-10(12)4-2-8-15-11/h1-2,4-6,8,13,16H,3,7,9H2,(H,17,18). The predicted molar refractivity (Wildman–Crippen MR) is 71.4 cm³/mol. The van der Waals surface area contributed by atoms with Crippen molar-refractivity contribution >= 4 is 22.5 Å². The van der Waals surface area contributed by atoms with Crippen molar-refractivity contribution in [1.29, 1.82) is 0 Å². The number of benzene rings is 1. The predicted octanol–water partition coefficient (Wildman–Crippen LogP) is 1.93. The van der Waals surface area contributed by atoms with Crippen LogP contribution in [0.5, 0.6) is 0 Å². The van der Waals surface area contributed by atoms with Gasteiger partial charge >= 0.3 is 0 Å². The highest BCUT2D eigenvalue weighted by atomic mass is 16.2. The second-order valence-electron chi connectivity index (χ2n) is 4.51. The van der Waals surface area contributed by atoms with E-state index < -0.39 is 0 Å². The lowest BCUT2D eigenvalue weighted by Gasteiger charge is -2.12. The van der Waals surface area contributed by atoms with Gasteiger partial charge in [0, 0.05) is 11.6 Å². The SMILES string of the molecule is O=C(Nc1cccc2ncccc12)C1CCCN1. The van der Waals surface area contributed by atoms with Crippen LogP contribution < -0.4 is 10.6 Å². The summed E-state index contributed by atoms with van der Waals surface area (Å²) in [6.45, 7) is 0.926. The number of nitrogens with zero attached hydrogens (tertiary/aromatic N) is 1. The van der Waals surface area contributed by atoms with Crippen molar-refractivity contribution in [1.82, 2.24) is 10.3 Å². The number of nitrogens with one attached hydrogen (secondary N) is 2. The molecule has 1 aromatic carbocycles. The number of pyridine rings is 1. The maximum absolute atomic E-state index is 12.1. The fourth-order valence-corrected chi connectivity index (χ4v) is 2.34. The molecule has 0 radical (unpaired) electrons. The third kappa shape index (κ3) is 2.07. The molecule has 2 heterocycles. The Hall–Kier alpha value is -1.94. The fraction of sp³-hybridized carbons (Fsp3) is 0.286. The zero-order chi connectivity index (χ0) is 12.4. The van der Waals surface area contributed by atoms with E-state index in [9.17, 15) is 4.79 Å². The smallest absolute Gasteiger partial charge is 0.241 e. The quantitative estimate of drug-likeness (QED) is 0.844. The molecule has 0 spiro atoms. The van der Waals surface area contributed by atoms with Gasteiger partial charge in [-0.3, -0.25) is 9.78 Å². The van der Waals surface area contributed by atoms with Crippen molar-refractivity contribution in [3.63, 3.8) is 0 Å². The first-order valence-corrected chi connectivity index (χ1v) is 6.22. The molecule has 1 saturated heterocycles. The maximum atomic E-state index is 12.1. The van der Waals surface area contributed by atoms with Crippen LogP contribution in [-0.2, 0) is 4.79 Å². The van der Waals surface area contributed by atoms with Crippen LogP contribution in [0.25, 0.3) is 10.9 Å². The van der Waals surface area contributed by atoms with Gasteiger partial charge in [0.2, 0.25) is 5.91 Å². The average molecular weight is 241 g/mol. The largest absolute Gasteiger partial charge is 0.324 e. The van der Waals surface area contributed by atoms with Crippen LogP contribution in [0, 0.1) is 0 Å². The minimum absolute atomic E-state index is 0.0452. The summed E-state index contributed by atoms with van der Waals surface area (Å²) in [5.41, 5.74) is 1.73. The van der Waals surface area contributed by atoms with E-state index in [1.54, 1.807) is 6.20 Å². The molecule has 4 heteroatoms. The molecular formula is C14H15N3O. The lowest BCUT2D eigenvalue weighted by molar-refractivity contribution is -0.117. The summed E-state index contributed by atoms with van der Waals surface area (Å²) >= 11 is 0. The molecule has 1 fully saturated rings. The highest BCUT2D eigenvalue weighted by Gasteiger charge is 2.22. The number of anilines is 1. The third-order valence-electron chi connectivity index (χ3n) is 3.28. The summed E-state index contributed by atoms with van der Waals surface area (Å²) in [7, 11) is 0. The topological polar surface area (TPSA) is 54.0 Å². The molecule has 1 unspecified atom stereocenters. The van der Waals surface area contributed by atoms with Gasteiger partial charge in [-0.1, -0.05) is 6.07 Å². The summed E-state index contributed by atoms with van der Waals surface area (Å²) in [6.07, 6.45) is 3.73. The molecule has 0 bridgehead atoms. The molecule has 2 N–H and O–H groups in total. The maximum Gasteiger partial charge on any atom is 0.241 e. The number of hydrogen-bond acceptors (Lipinski definition) is 3. The Morgan fingerprint density at radius 1 is 1.33 bits per heavy atom. The molecule has 0 aliphatic carbocycles. The Labute approximate surface area is 105 Å². The van der Waals surface area contributed by atoms with Gasteiger partial charge in [-0.15, -0.1) is 0 Å². The second kappa shape index (κ2) is 4.74. The van der Waals surface area contributed by atoms with E-state index in [0.29, 0.717) is 0 Å². The van der Waals surface area contributed by atoms with Crippen LogP contribution in [0.3, 0.4) is 0 Å². The Balaban J connectivity index is 1.88. The van der Waals surface area contributed by atoms with E-state index in [-0.39, 0.29) is 11.9 Å². The first-order valence-electron chi connectivity index (χ1n) is 6.22. The molecule has 18 heavy (non-hydrogen) atoms. The summed E-state index contributed by atoms with van der Waals surface area (Å²) in [5, 5.41) is 7.16. The van der Waals surface area contributed by atoms with E-state index in [2.05, 4.69) is 15.6 Å². The van der Waals surface area contributed by atoms with Gasteiger partial charge in [0.25, 0.3) is 0 Å². The summed E-state index contributed by atoms with van der Waals surface area (Å²) in [6, 6.07) is 9.56. The summed E-state index contributed by atoms with van der Waals surface area (Å²) in [5.74, 6) is 0.0452. The van der Waals surface area contributed by atoms with Gasteiger partial charge in [-0.25, -0.2) is 0 Å². The van der Waals surface area contributed by atoms with Crippen molar-refractivity contribution in [2.75, 3.05) is 11.9 Å². The van der Waals surface area contributed by atoms with Gasteiger partial charge < -0.3 is 10.6 Å². The number of amides is 1. The Kier molecular flexibility index (Phi) is 2.94. The first-order chi connectivity index (χ1) is 8.84. The van der Waals surface area contributed by atoms with Crippen molar-refractivity contribution < 1.29 is 4.79 Å². The van der Waals surface area contributed by atoms with Crippen molar-refractivity contribution in [3.05, 3.63) is 36.5 Å². The highest BCUT2D eigenvalue weighted by molar-refractivity contribution is 6.02. The van der Waals surface area contributed by atoms with Crippen molar-refractivity contribution in [3.8, 4) is 0 Å². The Morgan fingerprint density at radius 3 is 3.11 bits per heavy atom.